The summed E-state index contributed by atoms with van der Waals surface area (Å²) < 4.78 is 5.28. The number of hydrogen-bond acceptors (Lipinski definition) is 4. The lowest BCUT2D eigenvalue weighted by Gasteiger charge is -2.44. The van der Waals surface area contributed by atoms with E-state index in [1.54, 1.807) is 7.11 Å². The number of benzene rings is 2. The van der Waals surface area contributed by atoms with Gasteiger partial charge in [0.1, 0.15) is 0 Å². The SMILES string of the molecule is CNCC(CC(C)C)NC(=O)N1CCCC(C(O)(CCCCOC)c2ccccc2-c2ccccc2Cl)C1. The van der Waals surface area contributed by atoms with E-state index in [4.69, 9.17) is 16.3 Å². The predicted molar refractivity (Wildman–Crippen MR) is 157 cm³/mol. The summed E-state index contributed by atoms with van der Waals surface area (Å²) in [5.74, 6) is 0.391. The topological polar surface area (TPSA) is 73.8 Å². The lowest BCUT2D eigenvalue weighted by atomic mass is 9.72. The van der Waals surface area contributed by atoms with Crippen LogP contribution in [0, 0.1) is 11.8 Å². The van der Waals surface area contributed by atoms with Crippen molar-refractivity contribution in [3.63, 3.8) is 0 Å². The highest BCUT2D eigenvalue weighted by molar-refractivity contribution is 6.33. The summed E-state index contributed by atoms with van der Waals surface area (Å²) in [5, 5.41) is 19.7. The molecule has 2 aromatic carbocycles. The monoisotopic (exact) mass is 543 g/mol. The smallest absolute Gasteiger partial charge is 0.317 e. The Morgan fingerprint density at radius 2 is 1.87 bits per heavy atom. The van der Waals surface area contributed by atoms with Crippen molar-refractivity contribution in [1.82, 2.24) is 15.5 Å². The van der Waals surface area contributed by atoms with Gasteiger partial charge < -0.3 is 25.4 Å². The largest absolute Gasteiger partial charge is 0.385 e. The molecule has 1 aliphatic heterocycles. The fourth-order valence-electron chi connectivity index (χ4n) is 5.80. The van der Waals surface area contributed by atoms with Crippen molar-refractivity contribution in [2.45, 2.75) is 64.0 Å². The third-order valence-corrected chi connectivity index (χ3v) is 7.96. The Hall–Kier alpha value is -2.12. The zero-order valence-corrected chi connectivity index (χ0v) is 24.3. The average molecular weight is 544 g/mol. The fraction of sp³-hybridized carbons (Fsp3) is 0.581. The van der Waals surface area contributed by atoms with Crippen molar-refractivity contribution in [2.75, 3.05) is 40.4 Å². The van der Waals surface area contributed by atoms with Crippen LogP contribution < -0.4 is 10.6 Å². The number of ether oxygens (including phenoxy) is 1. The molecule has 0 aromatic heterocycles. The second-order valence-electron chi connectivity index (χ2n) is 11.0. The number of nitrogens with one attached hydrogen (secondary N) is 2. The molecule has 38 heavy (non-hydrogen) atoms. The summed E-state index contributed by atoms with van der Waals surface area (Å²) >= 11 is 6.62. The Balaban J connectivity index is 1.90. The van der Waals surface area contributed by atoms with Gasteiger partial charge in [0.05, 0.1) is 5.60 Å². The quantitative estimate of drug-likeness (QED) is 0.268. The highest BCUT2D eigenvalue weighted by Crippen LogP contribution is 2.44. The molecule has 0 bridgehead atoms. The van der Waals surface area contributed by atoms with Gasteiger partial charge in [0.15, 0.2) is 0 Å². The third kappa shape index (κ3) is 7.95. The molecule has 2 amide bonds. The van der Waals surface area contributed by atoms with Gasteiger partial charge in [0.25, 0.3) is 0 Å². The first-order valence-electron chi connectivity index (χ1n) is 14.1. The van der Waals surface area contributed by atoms with Gasteiger partial charge >= 0.3 is 6.03 Å². The van der Waals surface area contributed by atoms with E-state index in [-0.39, 0.29) is 18.0 Å². The minimum Gasteiger partial charge on any atom is -0.385 e. The molecule has 0 radical (unpaired) electrons. The van der Waals surface area contributed by atoms with Gasteiger partial charge in [0, 0.05) is 55.9 Å². The van der Waals surface area contributed by atoms with Crippen molar-refractivity contribution >= 4 is 17.6 Å². The minimum absolute atomic E-state index is 0.0447. The van der Waals surface area contributed by atoms with Gasteiger partial charge in [-0.05, 0) is 68.7 Å². The zero-order valence-electron chi connectivity index (χ0n) is 23.5. The van der Waals surface area contributed by atoms with Crippen molar-refractivity contribution < 1.29 is 14.6 Å². The number of hydrogen-bond donors (Lipinski definition) is 3. The molecule has 1 fully saturated rings. The van der Waals surface area contributed by atoms with Crippen LogP contribution in [0.2, 0.25) is 5.02 Å². The molecule has 7 heteroatoms. The highest BCUT2D eigenvalue weighted by atomic mass is 35.5. The van der Waals surface area contributed by atoms with Crippen LogP contribution in [0.15, 0.2) is 48.5 Å². The molecule has 0 spiro atoms. The van der Waals surface area contributed by atoms with Gasteiger partial charge in [-0.15, -0.1) is 0 Å². The number of carbonyl (C=O) groups excluding carboxylic acids is 1. The maximum Gasteiger partial charge on any atom is 0.317 e. The molecule has 210 valence electrons. The summed E-state index contributed by atoms with van der Waals surface area (Å²) in [4.78, 5) is 15.3. The first-order chi connectivity index (χ1) is 18.3. The Bertz CT molecular complexity index is 1020. The number of rotatable bonds is 13. The van der Waals surface area contributed by atoms with Crippen LogP contribution in [0.3, 0.4) is 0 Å². The second kappa shape index (κ2) is 14.9. The molecular formula is C31H46ClN3O3. The van der Waals surface area contributed by atoms with Crippen LogP contribution in [0.4, 0.5) is 4.79 Å². The van der Waals surface area contributed by atoms with Gasteiger partial charge in [-0.25, -0.2) is 4.79 Å². The molecule has 3 N–H and O–H groups in total. The number of aliphatic hydroxyl groups is 1. The van der Waals surface area contributed by atoms with E-state index in [0.717, 1.165) is 55.3 Å². The fourth-order valence-corrected chi connectivity index (χ4v) is 6.04. The van der Waals surface area contributed by atoms with Crippen molar-refractivity contribution in [2.24, 2.45) is 11.8 Å². The van der Waals surface area contributed by atoms with E-state index in [1.165, 1.54) is 0 Å². The number of likely N-dealkylation sites (tertiary alicyclic amines) is 1. The third-order valence-electron chi connectivity index (χ3n) is 7.63. The molecular weight excluding hydrogens is 498 g/mol. The van der Waals surface area contributed by atoms with Gasteiger partial charge in [-0.2, -0.15) is 0 Å². The molecule has 1 saturated heterocycles. The molecule has 3 atom stereocenters. The van der Waals surface area contributed by atoms with E-state index in [1.807, 2.05) is 60.5 Å². The molecule has 2 aromatic rings. The summed E-state index contributed by atoms with van der Waals surface area (Å²) in [7, 11) is 3.62. The molecule has 1 heterocycles. The van der Waals surface area contributed by atoms with Crippen LogP contribution >= 0.6 is 11.6 Å². The number of methoxy groups -OCH3 is 1. The van der Waals surface area contributed by atoms with Crippen LogP contribution in [0.5, 0.6) is 0 Å². The number of halogens is 1. The van der Waals surface area contributed by atoms with Crippen molar-refractivity contribution in [3.05, 3.63) is 59.1 Å². The number of unbranched alkanes of at least 4 members (excludes halogenated alkanes) is 1. The first kappa shape index (κ1) is 30.4. The molecule has 3 unspecified atom stereocenters. The van der Waals surface area contributed by atoms with E-state index in [9.17, 15) is 9.90 Å². The number of carbonyl (C=O) groups is 1. The normalized spacial score (nSPS) is 18.3. The Labute approximate surface area is 234 Å². The molecule has 0 aliphatic carbocycles. The van der Waals surface area contributed by atoms with Crippen molar-refractivity contribution in [1.29, 1.82) is 0 Å². The lowest BCUT2D eigenvalue weighted by molar-refractivity contribution is -0.0559. The Morgan fingerprint density at radius 3 is 2.55 bits per heavy atom. The summed E-state index contributed by atoms with van der Waals surface area (Å²) in [6, 6.07) is 15.9. The van der Waals surface area contributed by atoms with Gasteiger partial charge in [-0.3, -0.25) is 0 Å². The van der Waals surface area contributed by atoms with E-state index in [2.05, 4.69) is 24.5 Å². The first-order valence-corrected chi connectivity index (χ1v) is 14.4. The van der Waals surface area contributed by atoms with Gasteiger partial charge in [0.2, 0.25) is 0 Å². The maximum atomic E-state index is 13.4. The zero-order chi connectivity index (χ0) is 27.5. The molecule has 6 nitrogen and oxygen atoms in total. The Kier molecular flexibility index (Phi) is 11.9. The highest BCUT2D eigenvalue weighted by Gasteiger charge is 2.42. The van der Waals surface area contributed by atoms with E-state index in [0.29, 0.717) is 37.1 Å². The van der Waals surface area contributed by atoms with Crippen LogP contribution in [0.25, 0.3) is 11.1 Å². The second-order valence-corrected chi connectivity index (χ2v) is 11.4. The number of likely N-dealkylation sites (N-methyl/N-ethyl adjacent to an activating group) is 1. The van der Waals surface area contributed by atoms with E-state index >= 15 is 0 Å². The predicted octanol–water partition coefficient (Wildman–Crippen LogP) is 6.07. The number of nitrogens with zero attached hydrogens (tertiary/aromatic N) is 1. The lowest BCUT2D eigenvalue weighted by Crippen LogP contribution is -2.54. The van der Waals surface area contributed by atoms with Crippen LogP contribution in [-0.2, 0) is 10.3 Å². The van der Waals surface area contributed by atoms with Crippen LogP contribution in [0.1, 0.15) is 57.9 Å². The summed E-state index contributed by atoms with van der Waals surface area (Å²) in [6.45, 7) is 6.94. The summed E-state index contributed by atoms with van der Waals surface area (Å²) in [6.07, 6.45) is 4.90. The van der Waals surface area contributed by atoms with E-state index < -0.39 is 5.60 Å². The average Bonchev–Trinajstić information content (AvgIpc) is 2.91. The molecule has 1 aliphatic rings. The molecule has 3 rings (SSSR count). The summed E-state index contributed by atoms with van der Waals surface area (Å²) in [5.41, 5.74) is 1.63. The van der Waals surface area contributed by atoms with Crippen LogP contribution in [-0.4, -0.2) is 62.5 Å². The minimum atomic E-state index is -1.11. The number of urea groups is 1. The van der Waals surface area contributed by atoms with Crippen molar-refractivity contribution in [3.8, 4) is 11.1 Å². The maximum absolute atomic E-state index is 13.4. The number of amides is 2. The number of piperidine rings is 1. The van der Waals surface area contributed by atoms with Gasteiger partial charge in [-0.1, -0.05) is 67.9 Å². The Morgan fingerprint density at radius 1 is 1.16 bits per heavy atom. The molecule has 0 saturated carbocycles. The standard InChI is InChI=1S/C31H46ClN3O3/c1-23(2)20-25(21-33-3)34-30(36)35-18-11-12-24(22-35)31(37,17-9-10-19-38-4)28-15-7-5-13-26(28)27-14-6-8-16-29(27)32/h5-8,13-16,23-25,33,37H,9-12,17-22H2,1-4H3,(H,34,36).